The van der Waals surface area contributed by atoms with Crippen LogP contribution in [0.1, 0.15) is 27.2 Å². The van der Waals surface area contributed by atoms with Gasteiger partial charge in [-0.25, -0.2) is 13.1 Å². The van der Waals surface area contributed by atoms with E-state index in [0.29, 0.717) is 6.42 Å². The molecule has 1 rings (SSSR count). The van der Waals surface area contributed by atoms with Gasteiger partial charge in [0.15, 0.2) is 0 Å². The summed E-state index contributed by atoms with van der Waals surface area (Å²) in [5.74, 6) is 0.256. The number of non-ortho nitro benzene ring substituents is 1. The Morgan fingerprint density at radius 2 is 2.05 bits per heavy atom. The molecule has 0 amide bonds. The van der Waals surface area contributed by atoms with Crippen LogP contribution in [0.15, 0.2) is 29.2 Å². The van der Waals surface area contributed by atoms with E-state index in [-0.39, 0.29) is 23.0 Å². The van der Waals surface area contributed by atoms with Crippen LogP contribution in [0, 0.1) is 16.0 Å². The van der Waals surface area contributed by atoms with Gasteiger partial charge in [-0.3, -0.25) is 10.1 Å². The van der Waals surface area contributed by atoms with Gasteiger partial charge in [0.2, 0.25) is 10.0 Å². The number of rotatable bonds is 7. The highest BCUT2D eigenvalue weighted by molar-refractivity contribution is 7.89. The predicted molar refractivity (Wildman–Crippen MR) is 80.3 cm³/mol. The topological polar surface area (TPSA) is 115 Å². The Labute approximate surface area is 124 Å². The van der Waals surface area contributed by atoms with Crippen molar-refractivity contribution >= 4 is 15.7 Å². The highest BCUT2D eigenvalue weighted by Crippen LogP contribution is 2.21. The Hall–Kier alpha value is -1.51. The van der Waals surface area contributed by atoms with Gasteiger partial charge in [-0.05, 0) is 25.3 Å². The molecule has 21 heavy (non-hydrogen) atoms. The first-order valence-electron chi connectivity index (χ1n) is 6.58. The van der Waals surface area contributed by atoms with Crippen LogP contribution in [0.4, 0.5) is 5.69 Å². The first kappa shape index (κ1) is 17.5. The van der Waals surface area contributed by atoms with E-state index in [1.54, 1.807) is 6.92 Å². The predicted octanol–water partition coefficient (Wildman–Crippen LogP) is 1.64. The molecule has 3 N–H and O–H groups in total. The zero-order valence-electron chi connectivity index (χ0n) is 12.4. The molecule has 0 aromatic heterocycles. The number of nitro groups is 1. The summed E-state index contributed by atoms with van der Waals surface area (Å²) in [5, 5.41) is 10.7. The lowest BCUT2D eigenvalue weighted by molar-refractivity contribution is -0.385. The van der Waals surface area contributed by atoms with Crippen LogP contribution in [0.25, 0.3) is 0 Å². The number of nitrogens with zero attached hydrogens (tertiary/aromatic N) is 1. The number of nitro benzene ring substituents is 1. The van der Waals surface area contributed by atoms with Gasteiger partial charge in [-0.2, -0.15) is 0 Å². The van der Waals surface area contributed by atoms with Gasteiger partial charge in [-0.15, -0.1) is 0 Å². The van der Waals surface area contributed by atoms with Crippen LogP contribution >= 0.6 is 0 Å². The largest absolute Gasteiger partial charge is 0.329 e. The minimum atomic E-state index is -3.87. The summed E-state index contributed by atoms with van der Waals surface area (Å²) < 4.78 is 27.3. The van der Waals surface area contributed by atoms with Crippen LogP contribution in [0.3, 0.4) is 0 Å². The van der Waals surface area contributed by atoms with Gasteiger partial charge in [0.05, 0.1) is 9.82 Å². The lowest BCUT2D eigenvalue weighted by atomic mass is 9.92. The molecule has 0 spiro atoms. The molecule has 0 fully saturated rings. The molecule has 0 bridgehead atoms. The van der Waals surface area contributed by atoms with Gasteiger partial charge in [0.25, 0.3) is 5.69 Å². The van der Waals surface area contributed by atoms with Crippen molar-refractivity contribution in [2.45, 2.75) is 37.6 Å². The van der Waals surface area contributed by atoms with Crippen molar-refractivity contribution in [3.05, 3.63) is 34.4 Å². The molecule has 1 aromatic rings. The molecular weight excluding hydrogens is 294 g/mol. The summed E-state index contributed by atoms with van der Waals surface area (Å²) in [6.45, 7) is 5.80. The summed E-state index contributed by atoms with van der Waals surface area (Å²) in [6, 6.07) is 4.94. The molecule has 0 radical (unpaired) electrons. The Morgan fingerprint density at radius 1 is 1.43 bits per heavy atom. The maximum atomic E-state index is 12.4. The van der Waals surface area contributed by atoms with E-state index in [0.717, 1.165) is 6.07 Å². The number of benzene rings is 1. The third kappa shape index (κ3) is 4.76. The number of hydrogen-bond acceptors (Lipinski definition) is 5. The van der Waals surface area contributed by atoms with E-state index >= 15 is 0 Å². The van der Waals surface area contributed by atoms with Crippen LogP contribution in [0.5, 0.6) is 0 Å². The molecule has 0 saturated heterocycles. The zero-order chi connectivity index (χ0) is 16.3. The molecular formula is C13H21N3O4S. The van der Waals surface area contributed by atoms with E-state index in [1.165, 1.54) is 18.2 Å². The average molecular weight is 315 g/mol. The zero-order valence-corrected chi connectivity index (χ0v) is 13.2. The van der Waals surface area contributed by atoms with E-state index < -0.39 is 20.5 Å². The SMILES string of the molecule is CC(C)CC(C)(CN)NS(=O)(=O)c1cccc([N+](=O)[O-])c1. The van der Waals surface area contributed by atoms with Crippen molar-refractivity contribution < 1.29 is 13.3 Å². The van der Waals surface area contributed by atoms with Crippen LogP contribution in [0.2, 0.25) is 0 Å². The first-order chi connectivity index (χ1) is 9.59. The summed E-state index contributed by atoms with van der Waals surface area (Å²) in [7, 11) is -3.87. The Morgan fingerprint density at radius 3 is 2.52 bits per heavy atom. The molecule has 0 heterocycles. The molecule has 118 valence electrons. The minimum Gasteiger partial charge on any atom is -0.329 e. The Bertz CT molecular complexity index is 616. The maximum absolute atomic E-state index is 12.4. The van der Waals surface area contributed by atoms with E-state index in [2.05, 4.69) is 4.72 Å². The number of nitrogens with two attached hydrogens (primary N) is 1. The average Bonchev–Trinajstić information content (AvgIpc) is 2.37. The molecule has 0 aliphatic heterocycles. The lowest BCUT2D eigenvalue weighted by Gasteiger charge is -2.30. The normalized spacial score (nSPS) is 14.9. The van der Waals surface area contributed by atoms with Crippen LogP contribution in [-0.4, -0.2) is 25.4 Å². The molecule has 1 atom stereocenters. The Balaban J connectivity index is 3.11. The highest BCUT2D eigenvalue weighted by Gasteiger charge is 2.30. The lowest BCUT2D eigenvalue weighted by Crippen LogP contribution is -2.51. The van der Waals surface area contributed by atoms with Crippen LogP contribution in [-0.2, 0) is 10.0 Å². The van der Waals surface area contributed by atoms with E-state index in [4.69, 9.17) is 5.73 Å². The molecule has 0 aliphatic carbocycles. The fraction of sp³-hybridized carbons (Fsp3) is 0.538. The molecule has 1 unspecified atom stereocenters. The van der Waals surface area contributed by atoms with Crippen molar-refractivity contribution in [2.24, 2.45) is 11.7 Å². The van der Waals surface area contributed by atoms with Gasteiger partial charge in [-0.1, -0.05) is 19.9 Å². The second-order valence-corrected chi connectivity index (χ2v) is 7.41. The van der Waals surface area contributed by atoms with Crippen molar-refractivity contribution in [1.82, 2.24) is 4.72 Å². The third-order valence-corrected chi connectivity index (χ3v) is 4.66. The van der Waals surface area contributed by atoms with Crippen molar-refractivity contribution in [3.63, 3.8) is 0 Å². The molecule has 7 nitrogen and oxygen atoms in total. The second-order valence-electron chi connectivity index (χ2n) is 5.72. The highest BCUT2D eigenvalue weighted by atomic mass is 32.2. The quantitative estimate of drug-likeness (QED) is 0.586. The second kappa shape index (κ2) is 6.50. The monoisotopic (exact) mass is 315 g/mol. The summed E-state index contributed by atoms with van der Waals surface area (Å²) >= 11 is 0. The van der Waals surface area contributed by atoms with Crippen molar-refractivity contribution in [1.29, 1.82) is 0 Å². The smallest absolute Gasteiger partial charge is 0.270 e. The Kier molecular flexibility index (Phi) is 5.43. The molecule has 8 heteroatoms. The molecule has 1 aromatic carbocycles. The van der Waals surface area contributed by atoms with Gasteiger partial charge >= 0.3 is 0 Å². The van der Waals surface area contributed by atoms with E-state index in [1.807, 2.05) is 13.8 Å². The van der Waals surface area contributed by atoms with Crippen molar-refractivity contribution in [3.8, 4) is 0 Å². The van der Waals surface area contributed by atoms with Gasteiger partial charge < -0.3 is 5.73 Å². The summed E-state index contributed by atoms with van der Waals surface area (Å²) in [5.41, 5.74) is 4.62. The summed E-state index contributed by atoms with van der Waals surface area (Å²) in [6.07, 6.45) is 0.567. The standard InChI is InChI=1S/C13H21N3O4S/c1-10(2)8-13(3,9-14)15-21(19,20)12-6-4-5-11(7-12)16(17)18/h4-7,10,15H,8-9,14H2,1-3H3. The van der Waals surface area contributed by atoms with Crippen molar-refractivity contribution in [2.75, 3.05) is 6.54 Å². The van der Waals surface area contributed by atoms with Crippen LogP contribution < -0.4 is 10.5 Å². The summed E-state index contributed by atoms with van der Waals surface area (Å²) in [4.78, 5) is 9.97. The fourth-order valence-corrected chi connectivity index (χ4v) is 3.68. The first-order valence-corrected chi connectivity index (χ1v) is 8.06. The minimum absolute atomic E-state index is 0.138. The number of nitrogens with one attached hydrogen (secondary N) is 1. The number of sulfonamides is 1. The van der Waals surface area contributed by atoms with Gasteiger partial charge in [0, 0.05) is 24.2 Å². The molecule has 0 saturated carbocycles. The molecule has 0 aliphatic rings. The third-order valence-electron chi connectivity index (χ3n) is 3.03. The number of hydrogen-bond donors (Lipinski definition) is 2. The van der Waals surface area contributed by atoms with Gasteiger partial charge in [0.1, 0.15) is 0 Å². The maximum Gasteiger partial charge on any atom is 0.270 e. The fourth-order valence-electron chi connectivity index (χ4n) is 2.22. The van der Waals surface area contributed by atoms with E-state index in [9.17, 15) is 18.5 Å².